The molecular weight excluding hydrogens is 314 g/mol. The summed E-state index contributed by atoms with van der Waals surface area (Å²) in [6.45, 7) is 0. The highest BCUT2D eigenvalue weighted by Crippen LogP contribution is 2.32. The molecule has 0 N–H and O–H groups in total. The third kappa shape index (κ3) is 3.27. The summed E-state index contributed by atoms with van der Waals surface area (Å²) < 4.78 is 34.5. The maximum absolute atomic E-state index is 12.2. The maximum Gasteiger partial charge on any atom is 0.340 e. The first-order valence-corrected chi connectivity index (χ1v) is 7.53. The van der Waals surface area contributed by atoms with E-state index in [1.807, 2.05) is 6.07 Å². The minimum Gasteiger partial charge on any atom is -0.493 e. The molecule has 5 nitrogen and oxygen atoms in total. The van der Waals surface area contributed by atoms with Crippen LogP contribution in [-0.4, -0.2) is 15.5 Å². The molecule has 0 amide bonds. The van der Waals surface area contributed by atoms with E-state index in [1.165, 1.54) is 43.5 Å². The molecule has 2 aromatic rings. The number of halogens is 1. The highest BCUT2D eigenvalue weighted by atomic mass is 35.5. The van der Waals surface area contributed by atoms with Gasteiger partial charge < -0.3 is 8.92 Å². The second-order valence-corrected chi connectivity index (χ2v) is 5.87. The Labute approximate surface area is 127 Å². The molecule has 0 aliphatic rings. The summed E-state index contributed by atoms with van der Waals surface area (Å²) in [6, 6.07) is 12.0. The van der Waals surface area contributed by atoms with Crippen molar-refractivity contribution in [1.29, 1.82) is 5.26 Å². The molecule has 0 saturated heterocycles. The van der Waals surface area contributed by atoms with Crippen LogP contribution in [0.15, 0.2) is 47.4 Å². The molecule has 0 spiro atoms. The van der Waals surface area contributed by atoms with E-state index in [0.717, 1.165) is 0 Å². The van der Waals surface area contributed by atoms with Gasteiger partial charge in [-0.25, -0.2) is 0 Å². The van der Waals surface area contributed by atoms with Crippen molar-refractivity contribution in [2.75, 3.05) is 7.11 Å². The Balaban J connectivity index is 2.42. The molecule has 0 saturated carbocycles. The zero-order valence-corrected chi connectivity index (χ0v) is 12.5. The average Bonchev–Trinajstić information content (AvgIpc) is 2.47. The van der Waals surface area contributed by atoms with Crippen molar-refractivity contribution in [2.45, 2.75) is 4.90 Å². The van der Waals surface area contributed by atoms with E-state index in [4.69, 9.17) is 25.8 Å². The monoisotopic (exact) mass is 323 g/mol. The van der Waals surface area contributed by atoms with Crippen molar-refractivity contribution in [3.63, 3.8) is 0 Å². The van der Waals surface area contributed by atoms with Crippen molar-refractivity contribution in [3.8, 4) is 17.6 Å². The van der Waals surface area contributed by atoms with E-state index in [0.29, 0.717) is 5.56 Å². The molecule has 2 aromatic carbocycles. The lowest BCUT2D eigenvalue weighted by Gasteiger charge is -2.11. The van der Waals surface area contributed by atoms with Gasteiger partial charge in [0.2, 0.25) is 0 Å². The first-order chi connectivity index (χ1) is 9.97. The van der Waals surface area contributed by atoms with Gasteiger partial charge in [-0.1, -0.05) is 23.7 Å². The molecule has 0 aliphatic carbocycles. The van der Waals surface area contributed by atoms with Gasteiger partial charge in [-0.15, -0.1) is 0 Å². The fourth-order valence-electron chi connectivity index (χ4n) is 1.62. The lowest BCUT2D eigenvalue weighted by Crippen LogP contribution is -2.11. The third-order valence-corrected chi connectivity index (χ3v) is 4.33. The highest BCUT2D eigenvalue weighted by Gasteiger charge is 2.21. The topological polar surface area (TPSA) is 76.4 Å². The lowest BCUT2D eigenvalue weighted by atomic mass is 10.2. The first kappa shape index (κ1) is 15.2. The Bertz CT molecular complexity index is 812. The molecule has 0 aliphatic heterocycles. The minimum absolute atomic E-state index is 0.0172. The van der Waals surface area contributed by atoms with Crippen LogP contribution in [0.3, 0.4) is 0 Å². The van der Waals surface area contributed by atoms with Crippen LogP contribution in [0.1, 0.15) is 5.56 Å². The van der Waals surface area contributed by atoms with E-state index in [2.05, 4.69) is 0 Å². The standard InChI is InChI=1S/C14H10ClNO4S/c1-19-13-8-10(9-16)6-7-12(13)20-21(17,18)14-5-3-2-4-11(14)15/h2-8H,1H3. The van der Waals surface area contributed by atoms with Crippen LogP contribution in [-0.2, 0) is 10.1 Å². The Hall–Kier alpha value is -2.23. The van der Waals surface area contributed by atoms with Crippen LogP contribution < -0.4 is 8.92 Å². The fraction of sp³-hybridized carbons (Fsp3) is 0.0714. The summed E-state index contributed by atoms with van der Waals surface area (Å²) in [7, 11) is -2.74. The van der Waals surface area contributed by atoms with Crippen molar-refractivity contribution in [2.24, 2.45) is 0 Å². The maximum atomic E-state index is 12.2. The van der Waals surface area contributed by atoms with Gasteiger partial charge in [-0.05, 0) is 24.3 Å². The van der Waals surface area contributed by atoms with Gasteiger partial charge >= 0.3 is 10.1 Å². The van der Waals surface area contributed by atoms with E-state index in [-0.39, 0.29) is 21.4 Å². The fourth-order valence-corrected chi connectivity index (χ4v) is 3.05. The number of hydrogen-bond acceptors (Lipinski definition) is 5. The molecule has 0 radical (unpaired) electrons. The number of methoxy groups -OCH3 is 1. The summed E-state index contributed by atoms with van der Waals surface area (Å²) in [6.07, 6.45) is 0. The van der Waals surface area contributed by atoms with Crippen molar-refractivity contribution in [1.82, 2.24) is 0 Å². The van der Waals surface area contributed by atoms with Gasteiger partial charge in [0.25, 0.3) is 0 Å². The Kier molecular flexibility index (Phi) is 4.36. The molecule has 7 heteroatoms. The van der Waals surface area contributed by atoms with Crippen LogP contribution in [0.25, 0.3) is 0 Å². The van der Waals surface area contributed by atoms with Crippen molar-refractivity contribution < 1.29 is 17.3 Å². The molecule has 0 fully saturated rings. The van der Waals surface area contributed by atoms with Gasteiger partial charge in [-0.3, -0.25) is 0 Å². The number of rotatable bonds is 4. The second kappa shape index (κ2) is 6.04. The second-order valence-electron chi connectivity index (χ2n) is 3.95. The number of benzene rings is 2. The molecule has 0 unspecified atom stereocenters. The van der Waals surface area contributed by atoms with Crippen molar-refractivity contribution >= 4 is 21.7 Å². The minimum atomic E-state index is -4.09. The quantitative estimate of drug-likeness (QED) is 0.808. The molecule has 0 bridgehead atoms. The zero-order valence-electron chi connectivity index (χ0n) is 10.9. The molecule has 0 aromatic heterocycles. The molecule has 2 rings (SSSR count). The molecular formula is C14H10ClNO4S. The Morgan fingerprint density at radius 1 is 1.14 bits per heavy atom. The molecule has 108 valence electrons. The summed E-state index contributed by atoms with van der Waals surface area (Å²) in [5.74, 6) is 0.126. The van der Waals surface area contributed by atoms with Crippen LogP contribution >= 0.6 is 11.6 Å². The van der Waals surface area contributed by atoms with E-state index in [9.17, 15) is 8.42 Å². The number of ether oxygens (including phenoxy) is 1. The molecule has 0 heterocycles. The molecule has 21 heavy (non-hydrogen) atoms. The van der Waals surface area contributed by atoms with Crippen LogP contribution in [0.2, 0.25) is 5.02 Å². The smallest absolute Gasteiger partial charge is 0.340 e. The summed E-state index contributed by atoms with van der Waals surface area (Å²) in [5.41, 5.74) is 0.328. The van der Waals surface area contributed by atoms with E-state index >= 15 is 0 Å². The summed E-state index contributed by atoms with van der Waals surface area (Å²) in [4.78, 5) is -0.141. The zero-order chi connectivity index (χ0) is 15.5. The van der Waals surface area contributed by atoms with Gasteiger partial charge in [0.15, 0.2) is 11.5 Å². The average molecular weight is 324 g/mol. The van der Waals surface area contributed by atoms with E-state index in [1.54, 1.807) is 6.07 Å². The largest absolute Gasteiger partial charge is 0.493 e. The number of nitriles is 1. The summed E-state index contributed by atoms with van der Waals surface area (Å²) in [5, 5.41) is 8.87. The number of hydrogen-bond donors (Lipinski definition) is 0. The van der Waals surface area contributed by atoms with Gasteiger partial charge in [0.1, 0.15) is 4.90 Å². The Morgan fingerprint density at radius 3 is 2.48 bits per heavy atom. The first-order valence-electron chi connectivity index (χ1n) is 5.75. The van der Waals surface area contributed by atoms with Crippen LogP contribution in [0.5, 0.6) is 11.5 Å². The van der Waals surface area contributed by atoms with Crippen LogP contribution in [0, 0.1) is 11.3 Å². The third-order valence-electron chi connectivity index (χ3n) is 2.60. The van der Waals surface area contributed by atoms with Crippen molar-refractivity contribution in [3.05, 3.63) is 53.1 Å². The van der Waals surface area contributed by atoms with E-state index < -0.39 is 10.1 Å². The van der Waals surface area contributed by atoms with Crippen LogP contribution in [0.4, 0.5) is 0 Å². The predicted molar refractivity (Wildman–Crippen MR) is 77.0 cm³/mol. The number of nitrogens with zero attached hydrogens (tertiary/aromatic N) is 1. The highest BCUT2D eigenvalue weighted by molar-refractivity contribution is 7.87. The lowest BCUT2D eigenvalue weighted by molar-refractivity contribution is 0.390. The Morgan fingerprint density at radius 2 is 1.86 bits per heavy atom. The van der Waals surface area contributed by atoms with Gasteiger partial charge in [-0.2, -0.15) is 13.7 Å². The normalized spacial score (nSPS) is 10.7. The van der Waals surface area contributed by atoms with Gasteiger partial charge in [0.05, 0.1) is 23.8 Å². The van der Waals surface area contributed by atoms with Gasteiger partial charge in [0, 0.05) is 6.07 Å². The summed E-state index contributed by atoms with van der Waals surface area (Å²) >= 11 is 5.86. The molecule has 0 atom stereocenters. The SMILES string of the molecule is COc1cc(C#N)ccc1OS(=O)(=O)c1ccccc1Cl. The predicted octanol–water partition coefficient (Wildman–Crippen LogP) is 2.99.